The third kappa shape index (κ3) is 4.75. The highest BCUT2D eigenvalue weighted by Gasteiger charge is 2.79. The fourth-order valence-electron chi connectivity index (χ4n) is 8.14. The summed E-state index contributed by atoms with van der Waals surface area (Å²) in [5.74, 6) is -1.83. The van der Waals surface area contributed by atoms with Crippen LogP contribution in [0.25, 0.3) is 0 Å². The number of hydrogen-bond donors (Lipinski definition) is 1. The molecule has 2 unspecified atom stereocenters. The van der Waals surface area contributed by atoms with Crippen LogP contribution in [0.15, 0.2) is 25.3 Å². The highest BCUT2D eigenvalue weighted by Crippen LogP contribution is 2.65. The zero-order valence-electron chi connectivity index (χ0n) is 24.3. The number of aliphatic hydroxyl groups is 1. The first-order chi connectivity index (χ1) is 18.8. The van der Waals surface area contributed by atoms with E-state index in [2.05, 4.69) is 13.2 Å². The highest BCUT2D eigenvalue weighted by molar-refractivity contribution is 5.99. The summed E-state index contributed by atoms with van der Waals surface area (Å²) in [6, 6.07) is -1.28. The van der Waals surface area contributed by atoms with Gasteiger partial charge in [0.05, 0.1) is 30.1 Å². The summed E-state index contributed by atoms with van der Waals surface area (Å²) in [6.07, 6.45) is 11.8. The van der Waals surface area contributed by atoms with Crippen LogP contribution in [0.3, 0.4) is 0 Å². The number of hydrogen-bond acceptors (Lipinski definition) is 5. The second-order valence-corrected chi connectivity index (χ2v) is 12.0. The lowest BCUT2D eigenvalue weighted by Crippen LogP contribution is -2.60. The van der Waals surface area contributed by atoms with Crippen molar-refractivity contribution < 1.29 is 24.2 Å². The Morgan fingerprint density at radius 3 is 2.36 bits per heavy atom. The van der Waals surface area contributed by atoms with Gasteiger partial charge in [0.15, 0.2) is 0 Å². The van der Waals surface area contributed by atoms with E-state index in [1.807, 2.05) is 25.7 Å². The Kier molecular flexibility index (Phi) is 9.26. The molecule has 1 N–H and O–H groups in total. The zero-order valence-corrected chi connectivity index (χ0v) is 24.3. The predicted octanol–water partition coefficient (Wildman–Crippen LogP) is 3.68. The first-order valence-electron chi connectivity index (χ1n) is 15.2. The van der Waals surface area contributed by atoms with Gasteiger partial charge in [0.2, 0.25) is 17.7 Å². The fourth-order valence-corrected chi connectivity index (χ4v) is 8.14. The van der Waals surface area contributed by atoms with Gasteiger partial charge in [0, 0.05) is 25.7 Å². The molecule has 8 heteroatoms. The van der Waals surface area contributed by atoms with E-state index in [-0.39, 0.29) is 30.4 Å². The lowest BCUT2D eigenvalue weighted by atomic mass is 9.64. The molecule has 1 saturated carbocycles. The molecule has 4 fully saturated rings. The van der Waals surface area contributed by atoms with E-state index in [9.17, 15) is 19.5 Å². The average Bonchev–Trinajstić information content (AvgIpc) is 3.56. The topological polar surface area (TPSA) is 90.4 Å². The van der Waals surface area contributed by atoms with Crippen LogP contribution < -0.4 is 0 Å². The lowest BCUT2D eigenvalue weighted by molar-refractivity contribution is -0.159. The van der Waals surface area contributed by atoms with Crippen LogP contribution in [-0.2, 0) is 19.1 Å². The monoisotopic (exact) mass is 543 g/mol. The van der Waals surface area contributed by atoms with Gasteiger partial charge >= 0.3 is 0 Å². The summed E-state index contributed by atoms with van der Waals surface area (Å²) < 4.78 is 6.96. The van der Waals surface area contributed by atoms with Crippen molar-refractivity contribution in [2.45, 2.75) is 114 Å². The summed E-state index contributed by atoms with van der Waals surface area (Å²) in [5.41, 5.74) is -1.85. The van der Waals surface area contributed by atoms with E-state index in [1.165, 1.54) is 6.42 Å². The Morgan fingerprint density at radius 2 is 1.79 bits per heavy atom. The Hall–Kier alpha value is -2.19. The number of amides is 3. The van der Waals surface area contributed by atoms with Crippen LogP contribution in [0.5, 0.6) is 0 Å². The van der Waals surface area contributed by atoms with Crippen molar-refractivity contribution in [3.63, 3.8) is 0 Å². The Balaban J connectivity index is 1.82. The van der Waals surface area contributed by atoms with E-state index in [4.69, 9.17) is 4.74 Å². The number of fused-ring (bicyclic) bond motifs is 1. The predicted molar refractivity (Wildman–Crippen MR) is 151 cm³/mol. The number of ether oxygens (including phenoxy) is 1. The molecule has 0 aromatic rings. The standard InChI is InChI=1S/C31H49N3O5/c1-6-18-32(19-7-2)27(36)24-25-28(37)34(22(9-4)21-35)26(31(25)17-16-30(24,10-5)39-31)29(38)33(20-8-3)23-14-12-11-13-15-23/h6,8,22-26,35H,1,3,7,9-21H2,2,4-5H3/t22-,24+,25-,26?,30-,31?/m0/s1. The molecule has 218 valence electrons. The molecule has 3 heterocycles. The van der Waals surface area contributed by atoms with Gasteiger partial charge in [-0.25, -0.2) is 0 Å². The van der Waals surface area contributed by atoms with Crippen LogP contribution in [0.2, 0.25) is 0 Å². The maximum absolute atomic E-state index is 14.7. The third-order valence-corrected chi connectivity index (χ3v) is 9.97. The molecule has 2 bridgehead atoms. The Labute approximate surface area is 234 Å². The Morgan fingerprint density at radius 1 is 1.10 bits per heavy atom. The minimum atomic E-state index is -1.08. The molecule has 3 aliphatic heterocycles. The summed E-state index contributed by atoms with van der Waals surface area (Å²) in [4.78, 5) is 48.7. The molecular weight excluding hydrogens is 494 g/mol. The maximum Gasteiger partial charge on any atom is 0.248 e. The van der Waals surface area contributed by atoms with Crippen molar-refractivity contribution in [3.8, 4) is 0 Å². The van der Waals surface area contributed by atoms with E-state index in [0.717, 1.165) is 32.1 Å². The molecule has 0 radical (unpaired) electrons. The molecule has 4 rings (SSSR count). The number of carbonyl (C=O) groups is 3. The molecular formula is C31H49N3O5. The van der Waals surface area contributed by atoms with Gasteiger partial charge in [-0.3, -0.25) is 14.4 Å². The highest BCUT2D eigenvalue weighted by atomic mass is 16.5. The second-order valence-electron chi connectivity index (χ2n) is 12.0. The van der Waals surface area contributed by atoms with Gasteiger partial charge in [0.25, 0.3) is 0 Å². The quantitative estimate of drug-likeness (QED) is 0.358. The molecule has 1 aliphatic carbocycles. The first-order valence-corrected chi connectivity index (χ1v) is 15.2. The molecule has 8 nitrogen and oxygen atoms in total. The van der Waals surface area contributed by atoms with Crippen molar-refractivity contribution in [2.24, 2.45) is 11.8 Å². The van der Waals surface area contributed by atoms with E-state index < -0.39 is 35.1 Å². The van der Waals surface area contributed by atoms with Gasteiger partial charge in [-0.15, -0.1) is 13.2 Å². The average molecular weight is 544 g/mol. The normalized spacial score (nSPS) is 32.7. The summed E-state index contributed by atoms with van der Waals surface area (Å²) in [6.45, 7) is 14.9. The SMILES string of the molecule is C=CCN(CCC)C(=O)[C@H]1[C@H]2C(=O)N([C@@H](CC)CO)C(C(=O)N(CC=C)C3CCCCC3)C23CC[C@]1(CC)O3. The molecule has 39 heavy (non-hydrogen) atoms. The molecule has 0 aromatic carbocycles. The molecule has 0 aromatic heterocycles. The van der Waals surface area contributed by atoms with Gasteiger partial charge in [-0.2, -0.15) is 0 Å². The fraction of sp³-hybridized carbons (Fsp3) is 0.774. The summed E-state index contributed by atoms with van der Waals surface area (Å²) >= 11 is 0. The number of aliphatic hydroxyl groups excluding tert-OH is 1. The van der Waals surface area contributed by atoms with Gasteiger partial charge in [0.1, 0.15) is 11.6 Å². The number of nitrogens with zero attached hydrogens (tertiary/aromatic N) is 3. The van der Waals surface area contributed by atoms with Crippen LogP contribution in [0.1, 0.15) is 85.0 Å². The van der Waals surface area contributed by atoms with E-state index >= 15 is 0 Å². The van der Waals surface area contributed by atoms with Crippen molar-refractivity contribution in [3.05, 3.63) is 25.3 Å². The summed E-state index contributed by atoms with van der Waals surface area (Å²) in [7, 11) is 0. The third-order valence-electron chi connectivity index (χ3n) is 9.97. The van der Waals surface area contributed by atoms with Crippen LogP contribution in [-0.4, -0.2) is 93.1 Å². The molecule has 1 spiro atoms. The van der Waals surface area contributed by atoms with Gasteiger partial charge in [-0.1, -0.05) is 52.2 Å². The second kappa shape index (κ2) is 12.1. The Bertz CT molecular complexity index is 945. The van der Waals surface area contributed by atoms with Crippen molar-refractivity contribution >= 4 is 17.7 Å². The minimum Gasteiger partial charge on any atom is -0.394 e. The molecule has 3 saturated heterocycles. The minimum absolute atomic E-state index is 0.0844. The molecule has 6 atom stereocenters. The van der Waals surface area contributed by atoms with Crippen LogP contribution >= 0.6 is 0 Å². The lowest BCUT2D eigenvalue weighted by Gasteiger charge is -2.42. The number of rotatable bonds is 13. The smallest absolute Gasteiger partial charge is 0.248 e. The molecule has 4 aliphatic rings. The summed E-state index contributed by atoms with van der Waals surface area (Å²) in [5, 5.41) is 10.4. The van der Waals surface area contributed by atoms with Crippen molar-refractivity contribution in [1.82, 2.24) is 14.7 Å². The van der Waals surface area contributed by atoms with Crippen molar-refractivity contribution in [2.75, 3.05) is 26.2 Å². The number of likely N-dealkylation sites (tertiary alicyclic amines) is 1. The maximum atomic E-state index is 14.7. The van der Waals surface area contributed by atoms with E-state index in [0.29, 0.717) is 45.3 Å². The van der Waals surface area contributed by atoms with Gasteiger partial charge < -0.3 is 24.5 Å². The van der Waals surface area contributed by atoms with Crippen molar-refractivity contribution in [1.29, 1.82) is 0 Å². The zero-order chi connectivity index (χ0) is 28.4. The first kappa shape index (κ1) is 29.8. The molecule has 3 amide bonds. The largest absolute Gasteiger partial charge is 0.394 e. The van der Waals surface area contributed by atoms with Crippen LogP contribution in [0.4, 0.5) is 0 Å². The number of carbonyl (C=O) groups excluding carboxylic acids is 3. The van der Waals surface area contributed by atoms with E-state index in [1.54, 1.807) is 22.0 Å². The van der Waals surface area contributed by atoms with Gasteiger partial charge in [-0.05, 0) is 44.9 Å². The van der Waals surface area contributed by atoms with Crippen LogP contribution in [0, 0.1) is 11.8 Å².